The monoisotopic (exact) mass is 375 g/mol. The van der Waals surface area contributed by atoms with Crippen LogP contribution in [0.25, 0.3) is 0 Å². The summed E-state index contributed by atoms with van der Waals surface area (Å²) in [5, 5.41) is 3.19. The van der Waals surface area contributed by atoms with E-state index in [0.29, 0.717) is 5.71 Å². The Labute approximate surface area is 167 Å². The molecule has 1 fully saturated rings. The molecule has 1 spiro atoms. The molecule has 2 heterocycles. The van der Waals surface area contributed by atoms with Crippen LogP contribution in [0, 0.1) is 27.7 Å². The maximum absolute atomic E-state index is 12.6. The smallest absolute Gasteiger partial charge is 0.272 e. The van der Waals surface area contributed by atoms with Crippen LogP contribution in [0.1, 0.15) is 46.2 Å². The van der Waals surface area contributed by atoms with E-state index in [0.717, 1.165) is 38.0 Å². The van der Waals surface area contributed by atoms with Gasteiger partial charge in [-0.25, -0.2) is 0 Å². The van der Waals surface area contributed by atoms with Crippen LogP contribution < -0.4 is 5.32 Å². The summed E-state index contributed by atoms with van der Waals surface area (Å²) >= 11 is 0. The van der Waals surface area contributed by atoms with E-state index in [1.54, 1.807) is 0 Å². The van der Waals surface area contributed by atoms with Crippen LogP contribution in [0.2, 0.25) is 0 Å². The number of amides is 1. The van der Waals surface area contributed by atoms with Crippen LogP contribution in [-0.4, -0.2) is 35.3 Å². The molecule has 0 radical (unpaired) electrons. The minimum absolute atomic E-state index is 0.0359. The molecule has 1 amide bonds. The molecule has 4 heteroatoms. The normalized spacial score (nSPS) is 19.0. The number of carbonyl (C=O) groups excluding carboxylic acids is 1. The zero-order valence-corrected chi connectivity index (χ0v) is 17.3. The van der Waals surface area contributed by atoms with E-state index in [4.69, 9.17) is 4.99 Å². The van der Waals surface area contributed by atoms with Gasteiger partial charge in [-0.2, -0.15) is 0 Å². The molecule has 4 rings (SSSR count). The summed E-state index contributed by atoms with van der Waals surface area (Å²) in [6.45, 7) is 11.3. The van der Waals surface area contributed by atoms with Gasteiger partial charge in [-0.1, -0.05) is 35.9 Å². The Balaban J connectivity index is 1.48. The minimum atomic E-state index is -0.427. The van der Waals surface area contributed by atoms with Crippen molar-refractivity contribution in [1.29, 1.82) is 0 Å². The van der Waals surface area contributed by atoms with Gasteiger partial charge in [-0.15, -0.1) is 0 Å². The van der Waals surface area contributed by atoms with Crippen molar-refractivity contribution in [2.24, 2.45) is 4.99 Å². The zero-order valence-electron chi connectivity index (χ0n) is 17.3. The van der Waals surface area contributed by atoms with Gasteiger partial charge in [0.05, 0.1) is 0 Å². The largest absolute Gasteiger partial charge is 0.326 e. The van der Waals surface area contributed by atoms with Crippen LogP contribution in [-0.2, 0) is 11.3 Å². The first-order chi connectivity index (χ1) is 13.3. The fraction of sp³-hybridized carbons (Fsp3) is 0.417. The molecule has 2 aromatic rings. The molecule has 0 aromatic heterocycles. The Kier molecular flexibility index (Phi) is 4.84. The number of benzene rings is 2. The van der Waals surface area contributed by atoms with Crippen molar-refractivity contribution in [2.75, 3.05) is 13.1 Å². The van der Waals surface area contributed by atoms with Gasteiger partial charge < -0.3 is 5.32 Å². The van der Waals surface area contributed by atoms with E-state index in [2.05, 4.69) is 68.2 Å². The molecule has 28 heavy (non-hydrogen) atoms. The van der Waals surface area contributed by atoms with Crippen molar-refractivity contribution < 1.29 is 4.79 Å². The van der Waals surface area contributed by atoms with E-state index in [1.165, 1.54) is 27.8 Å². The molecule has 2 aromatic carbocycles. The van der Waals surface area contributed by atoms with Crippen molar-refractivity contribution in [2.45, 2.75) is 52.7 Å². The molecule has 146 valence electrons. The summed E-state index contributed by atoms with van der Waals surface area (Å²) in [6, 6.07) is 12.8. The number of nitrogens with zero attached hydrogens (tertiary/aromatic N) is 2. The number of hydrogen-bond donors (Lipinski definition) is 1. The van der Waals surface area contributed by atoms with Crippen LogP contribution in [0.4, 0.5) is 0 Å². The molecule has 1 saturated heterocycles. The molecule has 0 unspecified atom stereocenters. The summed E-state index contributed by atoms with van der Waals surface area (Å²) in [5.74, 6) is -0.0359. The molecule has 0 saturated carbocycles. The lowest BCUT2D eigenvalue weighted by Crippen LogP contribution is -2.50. The third-order valence-electron chi connectivity index (χ3n) is 6.25. The number of hydrogen-bond acceptors (Lipinski definition) is 3. The van der Waals surface area contributed by atoms with E-state index in [9.17, 15) is 4.79 Å². The fourth-order valence-corrected chi connectivity index (χ4v) is 4.18. The predicted molar refractivity (Wildman–Crippen MR) is 114 cm³/mol. The molecule has 4 nitrogen and oxygen atoms in total. The van der Waals surface area contributed by atoms with Crippen LogP contribution >= 0.6 is 0 Å². The van der Waals surface area contributed by atoms with Crippen LogP contribution in [0.3, 0.4) is 0 Å². The van der Waals surface area contributed by atoms with E-state index < -0.39 is 5.66 Å². The number of piperidine rings is 1. The minimum Gasteiger partial charge on any atom is -0.326 e. The molecule has 1 N–H and O–H groups in total. The fourth-order valence-electron chi connectivity index (χ4n) is 4.18. The lowest BCUT2D eigenvalue weighted by molar-refractivity contribution is -0.115. The molecule has 2 aliphatic rings. The number of aliphatic imine (C=N–C) groups is 1. The third-order valence-corrected chi connectivity index (χ3v) is 6.25. The van der Waals surface area contributed by atoms with Crippen molar-refractivity contribution in [1.82, 2.24) is 10.2 Å². The number of carbonyl (C=O) groups is 1. The van der Waals surface area contributed by atoms with Gasteiger partial charge in [-0.3, -0.25) is 14.7 Å². The zero-order chi connectivity index (χ0) is 19.9. The summed E-state index contributed by atoms with van der Waals surface area (Å²) in [4.78, 5) is 20.0. The Bertz CT molecular complexity index is 952. The van der Waals surface area contributed by atoms with E-state index in [-0.39, 0.29) is 5.91 Å². The Morgan fingerprint density at radius 3 is 2.39 bits per heavy atom. The number of aryl methyl sites for hydroxylation is 4. The highest BCUT2D eigenvalue weighted by molar-refractivity contribution is 6.46. The second kappa shape index (κ2) is 7.17. The van der Waals surface area contributed by atoms with Gasteiger partial charge in [-0.05, 0) is 56.0 Å². The standard InChI is InChI=1S/C24H29N3O/c1-16-5-6-18(3)21(13-16)15-27-11-9-24(10-12-27)25-22(23(28)26-24)20-8-7-17(2)19(4)14-20/h5-8,13-14H,9-12,15H2,1-4H3,(H,26,28). The van der Waals surface area contributed by atoms with E-state index in [1.807, 2.05) is 6.07 Å². The molecule has 2 aliphatic heterocycles. The lowest BCUT2D eigenvalue weighted by Gasteiger charge is -2.37. The molecular formula is C24H29N3O. The summed E-state index contributed by atoms with van der Waals surface area (Å²) in [5.41, 5.74) is 7.56. The molecule has 0 bridgehead atoms. The quantitative estimate of drug-likeness (QED) is 0.886. The van der Waals surface area contributed by atoms with Crippen molar-refractivity contribution in [3.63, 3.8) is 0 Å². The molecule has 0 aliphatic carbocycles. The first-order valence-corrected chi connectivity index (χ1v) is 10.1. The average Bonchev–Trinajstić information content (AvgIpc) is 2.99. The van der Waals surface area contributed by atoms with Gasteiger partial charge in [0.1, 0.15) is 11.4 Å². The topological polar surface area (TPSA) is 44.7 Å². The maximum Gasteiger partial charge on any atom is 0.272 e. The number of rotatable bonds is 3. The molecular weight excluding hydrogens is 346 g/mol. The van der Waals surface area contributed by atoms with Gasteiger partial charge in [0.15, 0.2) is 0 Å². The summed E-state index contributed by atoms with van der Waals surface area (Å²) in [6.07, 6.45) is 1.72. The lowest BCUT2D eigenvalue weighted by atomic mass is 9.97. The van der Waals surface area contributed by atoms with Crippen molar-refractivity contribution in [3.05, 3.63) is 69.8 Å². The van der Waals surface area contributed by atoms with Gasteiger partial charge in [0.2, 0.25) is 0 Å². The number of nitrogens with one attached hydrogen (secondary N) is 1. The first-order valence-electron chi connectivity index (χ1n) is 10.1. The Hall–Kier alpha value is -2.46. The first kappa shape index (κ1) is 18.9. The Morgan fingerprint density at radius 1 is 0.964 bits per heavy atom. The third kappa shape index (κ3) is 3.61. The van der Waals surface area contributed by atoms with Gasteiger partial charge in [0.25, 0.3) is 5.91 Å². The maximum atomic E-state index is 12.6. The second-order valence-corrected chi connectivity index (χ2v) is 8.45. The van der Waals surface area contributed by atoms with E-state index >= 15 is 0 Å². The van der Waals surface area contributed by atoms with Crippen LogP contribution in [0.15, 0.2) is 41.4 Å². The van der Waals surface area contributed by atoms with Crippen LogP contribution in [0.5, 0.6) is 0 Å². The second-order valence-electron chi connectivity index (χ2n) is 8.45. The van der Waals surface area contributed by atoms with Gasteiger partial charge >= 0.3 is 0 Å². The highest BCUT2D eigenvalue weighted by atomic mass is 16.2. The number of likely N-dealkylation sites (tertiary alicyclic amines) is 1. The predicted octanol–water partition coefficient (Wildman–Crippen LogP) is 3.83. The summed E-state index contributed by atoms with van der Waals surface area (Å²) in [7, 11) is 0. The van der Waals surface area contributed by atoms with Crippen molar-refractivity contribution >= 4 is 11.6 Å². The Morgan fingerprint density at radius 2 is 1.68 bits per heavy atom. The summed E-state index contributed by atoms with van der Waals surface area (Å²) < 4.78 is 0. The van der Waals surface area contributed by atoms with Gasteiger partial charge in [0, 0.05) is 38.0 Å². The highest BCUT2D eigenvalue weighted by Crippen LogP contribution is 2.30. The molecule has 0 atom stereocenters. The SMILES string of the molecule is Cc1ccc(C)c(CN2CCC3(CC2)N=C(c2ccc(C)c(C)c2)C(=O)N3)c1. The average molecular weight is 376 g/mol. The van der Waals surface area contributed by atoms with Crippen molar-refractivity contribution in [3.8, 4) is 0 Å². The highest BCUT2D eigenvalue weighted by Gasteiger charge is 2.42.